The molecule has 0 unspecified atom stereocenters. The molecule has 0 bridgehead atoms. The van der Waals surface area contributed by atoms with Gasteiger partial charge in [0.15, 0.2) is 0 Å². The summed E-state index contributed by atoms with van der Waals surface area (Å²) in [5.74, 6) is 0.756. The Kier molecular flexibility index (Phi) is 3.30. The Morgan fingerprint density at radius 2 is 2.05 bits per heavy atom. The van der Waals surface area contributed by atoms with E-state index in [2.05, 4.69) is 31.9 Å². The number of nitrogens with zero attached hydrogens (tertiary/aromatic N) is 3. The van der Waals surface area contributed by atoms with Crippen LogP contribution in [0.15, 0.2) is 30.5 Å². The van der Waals surface area contributed by atoms with E-state index in [1.807, 2.05) is 28.9 Å². The number of hydrogen-bond acceptors (Lipinski definition) is 3. The molecule has 4 heteroatoms. The number of rotatable bonds is 2. The van der Waals surface area contributed by atoms with Gasteiger partial charge in [-0.2, -0.15) is 10.4 Å². The van der Waals surface area contributed by atoms with Crippen LogP contribution in [-0.4, -0.2) is 16.9 Å². The number of aromatic nitrogens is 2. The third-order valence-electron chi connectivity index (χ3n) is 2.87. The zero-order valence-corrected chi connectivity index (χ0v) is 11.6. The maximum Gasteiger partial charge on any atom is 0.119 e. The number of ether oxygens (including phenoxy) is 1. The summed E-state index contributed by atoms with van der Waals surface area (Å²) >= 11 is 0. The van der Waals surface area contributed by atoms with Crippen LogP contribution in [0.4, 0.5) is 0 Å². The minimum absolute atomic E-state index is 0.150. The van der Waals surface area contributed by atoms with E-state index in [1.165, 1.54) is 0 Å². The number of hydrogen-bond donors (Lipinski definition) is 0. The molecule has 1 heterocycles. The molecule has 0 atom stereocenters. The van der Waals surface area contributed by atoms with Crippen LogP contribution in [0.1, 0.15) is 26.3 Å². The molecule has 0 aliphatic carbocycles. The molecule has 2 aromatic rings. The fourth-order valence-electron chi connectivity index (χ4n) is 1.78. The second-order valence-corrected chi connectivity index (χ2v) is 5.35. The van der Waals surface area contributed by atoms with Crippen molar-refractivity contribution in [2.24, 2.45) is 0 Å². The second-order valence-electron chi connectivity index (χ2n) is 5.35. The second kappa shape index (κ2) is 4.77. The Hall–Kier alpha value is -2.28. The number of nitriles is 1. The van der Waals surface area contributed by atoms with Crippen LogP contribution >= 0.6 is 0 Å². The Balaban J connectivity index is 2.55. The van der Waals surface area contributed by atoms with Crippen molar-refractivity contribution >= 4 is 0 Å². The molecule has 98 valence electrons. The quantitative estimate of drug-likeness (QED) is 0.828. The molecule has 2 rings (SSSR count). The molecule has 4 nitrogen and oxygen atoms in total. The van der Waals surface area contributed by atoms with E-state index in [0.717, 1.165) is 11.3 Å². The summed E-state index contributed by atoms with van der Waals surface area (Å²) in [6.45, 7) is 6.16. The molecule has 1 aromatic carbocycles. The van der Waals surface area contributed by atoms with Crippen molar-refractivity contribution in [3.8, 4) is 23.1 Å². The molecule has 1 aromatic heterocycles. The summed E-state index contributed by atoms with van der Waals surface area (Å²) in [6.07, 6.45) is 1.79. The number of benzene rings is 1. The third-order valence-corrected chi connectivity index (χ3v) is 2.87. The van der Waals surface area contributed by atoms with Gasteiger partial charge >= 0.3 is 0 Å². The molecule has 0 saturated carbocycles. The number of methoxy groups -OCH3 is 1. The average molecular weight is 255 g/mol. The van der Waals surface area contributed by atoms with Gasteiger partial charge in [0.2, 0.25) is 0 Å². The molecular weight excluding hydrogens is 238 g/mol. The van der Waals surface area contributed by atoms with Crippen LogP contribution in [0.3, 0.4) is 0 Å². The Morgan fingerprint density at radius 3 is 2.63 bits per heavy atom. The maximum absolute atomic E-state index is 9.25. The first kappa shape index (κ1) is 13.2. The molecule has 0 fully saturated rings. The summed E-state index contributed by atoms with van der Waals surface area (Å²) in [4.78, 5) is 0. The Labute approximate surface area is 113 Å². The van der Waals surface area contributed by atoms with Crippen molar-refractivity contribution in [2.75, 3.05) is 7.11 Å². The van der Waals surface area contributed by atoms with Crippen LogP contribution in [0.25, 0.3) is 11.3 Å². The van der Waals surface area contributed by atoms with Crippen LogP contribution in [-0.2, 0) is 5.54 Å². The van der Waals surface area contributed by atoms with Crippen molar-refractivity contribution in [1.82, 2.24) is 9.78 Å². The molecule has 0 saturated heterocycles. The lowest BCUT2D eigenvalue weighted by atomic mass is 10.1. The van der Waals surface area contributed by atoms with Gasteiger partial charge in [-0.1, -0.05) is 12.1 Å². The zero-order valence-electron chi connectivity index (χ0n) is 11.6. The summed E-state index contributed by atoms with van der Waals surface area (Å²) < 4.78 is 7.03. The highest BCUT2D eigenvalue weighted by atomic mass is 16.5. The van der Waals surface area contributed by atoms with E-state index in [1.54, 1.807) is 13.3 Å². The maximum atomic E-state index is 9.25. The fourth-order valence-corrected chi connectivity index (χ4v) is 1.78. The van der Waals surface area contributed by atoms with Gasteiger partial charge in [-0.15, -0.1) is 0 Å². The topological polar surface area (TPSA) is 50.8 Å². The summed E-state index contributed by atoms with van der Waals surface area (Å²) in [6, 6.07) is 9.78. The average Bonchev–Trinajstić information content (AvgIpc) is 2.83. The summed E-state index contributed by atoms with van der Waals surface area (Å²) in [5, 5.41) is 13.8. The Morgan fingerprint density at radius 1 is 1.32 bits per heavy atom. The molecule has 0 aliphatic rings. The highest BCUT2D eigenvalue weighted by molar-refractivity contribution is 5.67. The van der Waals surface area contributed by atoms with Gasteiger partial charge in [0, 0.05) is 11.8 Å². The van der Waals surface area contributed by atoms with Gasteiger partial charge in [0.25, 0.3) is 0 Å². The minimum Gasteiger partial charge on any atom is -0.497 e. The summed E-state index contributed by atoms with van der Waals surface area (Å²) in [7, 11) is 1.62. The molecule has 0 aliphatic heterocycles. The molecule has 0 amide bonds. The first-order valence-electron chi connectivity index (χ1n) is 6.10. The van der Waals surface area contributed by atoms with Gasteiger partial charge in [-0.05, 0) is 32.9 Å². The SMILES string of the molecule is COc1cccc(-c2nn(C(C)(C)C)cc2C#N)c1. The van der Waals surface area contributed by atoms with Crippen molar-refractivity contribution in [1.29, 1.82) is 5.26 Å². The minimum atomic E-state index is -0.150. The highest BCUT2D eigenvalue weighted by Crippen LogP contribution is 2.27. The molecule has 19 heavy (non-hydrogen) atoms. The van der Waals surface area contributed by atoms with E-state index in [-0.39, 0.29) is 5.54 Å². The Bertz CT molecular complexity index is 630. The molecule has 0 radical (unpaired) electrons. The van der Waals surface area contributed by atoms with Gasteiger partial charge in [0.1, 0.15) is 17.5 Å². The van der Waals surface area contributed by atoms with E-state index in [0.29, 0.717) is 11.3 Å². The zero-order chi connectivity index (χ0) is 14.0. The molecular formula is C15H17N3O. The van der Waals surface area contributed by atoms with Gasteiger partial charge in [-0.3, -0.25) is 4.68 Å². The van der Waals surface area contributed by atoms with Gasteiger partial charge in [0.05, 0.1) is 18.2 Å². The highest BCUT2D eigenvalue weighted by Gasteiger charge is 2.19. The lowest BCUT2D eigenvalue weighted by molar-refractivity contribution is 0.356. The lowest BCUT2D eigenvalue weighted by Crippen LogP contribution is -2.22. The first-order valence-corrected chi connectivity index (χ1v) is 6.10. The monoisotopic (exact) mass is 255 g/mol. The molecule has 0 spiro atoms. The van der Waals surface area contributed by atoms with E-state index in [4.69, 9.17) is 4.74 Å². The van der Waals surface area contributed by atoms with E-state index in [9.17, 15) is 5.26 Å². The van der Waals surface area contributed by atoms with Crippen molar-refractivity contribution < 1.29 is 4.74 Å². The first-order chi connectivity index (χ1) is 8.95. The van der Waals surface area contributed by atoms with E-state index >= 15 is 0 Å². The van der Waals surface area contributed by atoms with Crippen molar-refractivity contribution in [2.45, 2.75) is 26.3 Å². The standard InChI is InChI=1S/C15H17N3O/c1-15(2,3)18-10-12(9-16)14(17-18)11-6-5-7-13(8-11)19-4/h5-8,10H,1-4H3. The van der Waals surface area contributed by atoms with Gasteiger partial charge < -0.3 is 4.74 Å². The van der Waals surface area contributed by atoms with Crippen LogP contribution in [0.2, 0.25) is 0 Å². The van der Waals surface area contributed by atoms with Crippen molar-refractivity contribution in [3.63, 3.8) is 0 Å². The largest absolute Gasteiger partial charge is 0.497 e. The predicted octanol–water partition coefficient (Wildman–Crippen LogP) is 3.19. The van der Waals surface area contributed by atoms with Crippen LogP contribution in [0, 0.1) is 11.3 Å². The lowest BCUT2D eigenvalue weighted by Gasteiger charge is -2.18. The fraction of sp³-hybridized carbons (Fsp3) is 0.333. The van der Waals surface area contributed by atoms with Crippen molar-refractivity contribution in [3.05, 3.63) is 36.0 Å². The van der Waals surface area contributed by atoms with Crippen LogP contribution in [0.5, 0.6) is 5.75 Å². The molecule has 0 N–H and O–H groups in total. The van der Waals surface area contributed by atoms with E-state index < -0.39 is 0 Å². The van der Waals surface area contributed by atoms with Crippen LogP contribution < -0.4 is 4.74 Å². The predicted molar refractivity (Wildman–Crippen MR) is 73.9 cm³/mol. The summed E-state index contributed by atoms with van der Waals surface area (Å²) in [5.41, 5.74) is 2.00. The van der Waals surface area contributed by atoms with Gasteiger partial charge in [-0.25, -0.2) is 0 Å². The normalized spacial score (nSPS) is 11.1. The smallest absolute Gasteiger partial charge is 0.119 e. The third kappa shape index (κ3) is 2.60.